The number of thiazole rings is 1. The molecule has 3 heteroatoms. The smallest absolute Gasteiger partial charge is 0.0794 e. The van der Waals surface area contributed by atoms with Crippen LogP contribution in [0.15, 0.2) is 11.7 Å². The van der Waals surface area contributed by atoms with Gasteiger partial charge in [0.25, 0.3) is 0 Å². The average molecular weight is 156 g/mol. The highest BCUT2D eigenvalue weighted by atomic mass is 32.1. The van der Waals surface area contributed by atoms with E-state index < -0.39 is 0 Å². The molecule has 0 saturated carbocycles. The summed E-state index contributed by atoms with van der Waals surface area (Å²) in [5.74, 6) is 0.500. The van der Waals surface area contributed by atoms with Crippen molar-refractivity contribution < 1.29 is 0 Å². The molecule has 0 amide bonds. The predicted octanol–water partition coefficient (Wildman–Crippen LogP) is 1.80. The standard InChI is InChI=1S/C7H12N2S/c1-5(2)7(8)6-3-9-4-10-6/h3-5,7H,8H2,1-2H3/t7-/m1/s1. The number of nitrogens with two attached hydrogens (primary N) is 1. The lowest BCUT2D eigenvalue weighted by molar-refractivity contribution is 0.521. The molecule has 0 saturated heterocycles. The van der Waals surface area contributed by atoms with Crippen LogP contribution in [0.5, 0.6) is 0 Å². The SMILES string of the molecule is CC(C)[C@@H](N)c1cncs1. The fourth-order valence-electron chi connectivity index (χ4n) is 0.719. The summed E-state index contributed by atoms with van der Waals surface area (Å²) in [6.07, 6.45) is 1.84. The van der Waals surface area contributed by atoms with E-state index in [1.807, 2.05) is 11.7 Å². The molecular formula is C7H12N2S. The molecule has 1 heterocycles. The summed E-state index contributed by atoms with van der Waals surface area (Å²) in [4.78, 5) is 5.14. The van der Waals surface area contributed by atoms with Crippen LogP contribution in [0.1, 0.15) is 24.8 Å². The Morgan fingerprint density at radius 1 is 1.60 bits per heavy atom. The van der Waals surface area contributed by atoms with Crippen LogP contribution in [0.25, 0.3) is 0 Å². The maximum Gasteiger partial charge on any atom is 0.0794 e. The minimum Gasteiger partial charge on any atom is -0.323 e. The van der Waals surface area contributed by atoms with Gasteiger partial charge in [0.05, 0.1) is 5.51 Å². The number of aromatic nitrogens is 1. The number of rotatable bonds is 2. The van der Waals surface area contributed by atoms with E-state index in [1.54, 1.807) is 11.3 Å². The van der Waals surface area contributed by atoms with Crippen molar-refractivity contribution in [3.8, 4) is 0 Å². The second-order valence-electron chi connectivity index (χ2n) is 2.67. The highest BCUT2D eigenvalue weighted by Gasteiger charge is 2.10. The summed E-state index contributed by atoms with van der Waals surface area (Å²) in [6.45, 7) is 4.23. The van der Waals surface area contributed by atoms with Gasteiger partial charge in [0.1, 0.15) is 0 Å². The number of nitrogens with zero attached hydrogens (tertiary/aromatic N) is 1. The van der Waals surface area contributed by atoms with Crippen LogP contribution in [-0.4, -0.2) is 4.98 Å². The Kier molecular flexibility index (Phi) is 2.40. The molecule has 56 valence electrons. The van der Waals surface area contributed by atoms with Gasteiger partial charge in [-0.2, -0.15) is 0 Å². The first-order chi connectivity index (χ1) is 4.72. The van der Waals surface area contributed by atoms with Crippen molar-refractivity contribution in [1.29, 1.82) is 0 Å². The maximum atomic E-state index is 5.85. The van der Waals surface area contributed by atoms with Crippen molar-refractivity contribution in [3.63, 3.8) is 0 Å². The van der Waals surface area contributed by atoms with Gasteiger partial charge >= 0.3 is 0 Å². The monoisotopic (exact) mass is 156 g/mol. The van der Waals surface area contributed by atoms with E-state index in [2.05, 4.69) is 18.8 Å². The molecule has 0 bridgehead atoms. The van der Waals surface area contributed by atoms with Gasteiger partial charge in [0, 0.05) is 17.1 Å². The summed E-state index contributed by atoms with van der Waals surface area (Å²) in [5.41, 5.74) is 7.67. The lowest BCUT2D eigenvalue weighted by atomic mass is 10.1. The Hall–Kier alpha value is -0.410. The first-order valence-electron chi connectivity index (χ1n) is 3.35. The number of hydrogen-bond acceptors (Lipinski definition) is 3. The lowest BCUT2D eigenvalue weighted by Crippen LogP contribution is -2.14. The van der Waals surface area contributed by atoms with Gasteiger partial charge in [0.2, 0.25) is 0 Å². The third kappa shape index (κ3) is 1.55. The zero-order chi connectivity index (χ0) is 7.56. The molecule has 0 spiro atoms. The Balaban J connectivity index is 2.68. The van der Waals surface area contributed by atoms with Gasteiger partial charge in [-0.15, -0.1) is 11.3 Å². The summed E-state index contributed by atoms with van der Waals surface area (Å²) in [6, 6.07) is 0.160. The second-order valence-corrected chi connectivity index (χ2v) is 3.59. The van der Waals surface area contributed by atoms with Crippen LogP contribution in [0.2, 0.25) is 0 Å². The van der Waals surface area contributed by atoms with Crippen LogP contribution in [-0.2, 0) is 0 Å². The molecule has 0 fully saturated rings. The minimum atomic E-state index is 0.160. The molecule has 0 aliphatic rings. The van der Waals surface area contributed by atoms with Gasteiger partial charge in [-0.25, -0.2) is 0 Å². The van der Waals surface area contributed by atoms with Crippen molar-refractivity contribution in [2.75, 3.05) is 0 Å². The molecule has 0 aliphatic carbocycles. The summed E-state index contributed by atoms with van der Waals surface area (Å²) in [7, 11) is 0. The normalized spacial score (nSPS) is 14.0. The van der Waals surface area contributed by atoms with Crippen LogP contribution in [0, 0.1) is 5.92 Å². The maximum absolute atomic E-state index is 5.85. The zero-order valence-electron chi connectivity index (χ0n) is 6.24. The largest absolute Gasteiger partial charge is 0.323 e. The third-order valence-corrected chi connectivity index (χ3v) is 2.38. The Labute approximate surface area is 65.1 Å². The molecule has 2 nitrogen and oxygen atoms in total. The minimum absolute atomic E-state index is 0.160. The molecule has 1 aromatic rings. The van der Waals surface area contributed by atoms with Crippen LogP contribution >= 0.6 is 11.3 Å². The summed E-state index contributed by atoms with van der Waals surface area (Å²) in [5, 5.41) is 0. The molecule has 0 aliphatic heterocycles. The Morgan fingerprint density at radius 3 is 2.70 bits per heavy atom. The zero-order valence-corrected chi connectivity index (χ0v) is 7.06. The van der Waals surface area contributed by atoms with Crippen molar-refractivity contribution in [1.82, 2.24) is 4.98 Å². The Morgan fingerprint density at radius 2 is 2.30 bits per heavy atom. The van der Waals surface area contributed by atoms with E-state index in [4.69, 9.17) is 5.73 Å². The molecule has 10 heavy (non-hydrogen) atoms. The molecular weight excluding hydrogens is 144 g/mol. The fraction of sp³-hybridized carbons (Fsp3) is 0.571. The molecule has 1 atom stereocenters. The van der Waals surface area contributed by atoms with Gasteiger partial charge in [-0.1, -0.05) is 13.8 Å². The van der Waals surface area contributed by atoms with Gasteiger partial charge < -0.3 is 5.73 Å². The van der Waals surface area contributed by atoms with Crippen LogP contribution in [0.3, 0.4) is 0 Å². The third-order valence-electron chi connectivity index (χ3n) is 1.50. The van der Waals surface area contributed by atoms with Crippen LogP contribution < -0.4 is 5.73 Å². The lowest BCUT2D eigenvalue weighted by Gasteiger charge is -2.11. The quantitative estimate of drug-likeness (QED) is 0.709. The van der Waals surface area contributed by atoms with E-state index in [1.165, 1.54) is 4.88 Å². The van der Waals surface area contributed by atoms with Gasteiger partial charge in [0.15, 0.2) is 0 Å². The fourth-order valence-corrected chi connectivity index (χ4v) is 1.51. The Bertz CT molecular complexity index is 181. The summed E-state index contributed by atoms with van der Waals surface area (Å²) < 4.78 is 0. The molecule has 0 radical (unpaired) electrons. The predicted molar refractivity (Wildman–Crippen MR) is 43.9 cm³/mol. The molecule has 2 N–H and O–H groups in total. The first-order valence-corrected chi connectivity index (χ1v) is 4.23. The van der Waals surface area contributed by atoms with Crippen molar-refractivity contribution in [2.24, 2.45) is 11.7 Å². The molecule has 1 rings (SSSR count). The number of hydrogen-bond donors (Lipinski definition) is 1. The van der Waals surface area contributed by atoms with E-state index in [-0.39, 0.29) is 6.04 Å². The highest BCUT2D eigenvalue weighted by Crippen LogP contribution is 2.21. The van der Waals surface area contributed by atoms with E-state index >= 15 is 0 Å². The second kappa shape index (κ2) is 3.12. The van der Waals surface area contributed by atoms with E-state index in [0.29, 0.717) is 5.92 Å². The van der Waals surface area contributed by atoms with Crippen LogP contribution in [0.4, 0.5) is 0 Å². The first kappa shape index (κ1) is 7.69. The molecule has 1 aromatic heterocycles. The van der Waals surface area contributed by atoms with Crippen molar-refractivity contribution in [2.45, 2.75) is 19.9 Å². The van der Waals surface area contributed by atoms with E-state index in [9.17, 15) is 0 Å². The van der Waals surface area contributed by atoms with Crippen molar-refractivity contribution >= 4 is 11.3 Å². The van der Waals surface area contributed by atoms with Gasteiger partial charge in [-0.3, -0.25) is 4.98 Å². The average Bonchev–Trinajstić information content (AvgIpc) is 2.36. The molecule has 0 aromatic carbocycles. The van der Waals surface area contributed by atoms with E-state index in [0.717, 1.165) is 0 Å². The summed E-state index contributed by atoms with van der Waals surface area (Å²) >= 11 is 1.62. The van der Waals surface area contributed by atoms with Crippen molar-refractivity contribution in [3.05, 3.63) is 16.6 Å². The molecule has 0 unspecified atom stereocenters. The van der Waals surface area contributed by atoms with Gasteiger partial charge in [-0.05, 0) is 5.92 Å². The highest BCUT2D eigenvalue weighted by molar-refractivity contribution is 7.09. The topological polar surface area (TPSA) is 38.9 Å².